The lowest BCUT2D eigenvalue weighted by Crippen LogP contribution is -2.11. The number of aromatic nitrogens is 3. The van der Waals surface area contributed by atoms with Gasteiger partial charge >= 0.3 is 0 Å². The molecule has 1 atom stereocenters. The quantitative estimate of drug-likeness (QED) is 0.506. The first-order chi connectivity index (χ1) is 8.24. The fourth-order valence-corrected chi connectivity index (χ4v) is 1.62. The minimum absolute atomic E-state index is 0.187. The summed E-state index contributed by atoms with van der Waals surface area (Å²) in [5, 5.41) is 7.80. The molecule has 0 aromatic carbocycles. The number of aldehydes is 1. The molecule has 0 fully saturated rings. The van der Waals surface area contributed by atoms with Gasteiger partial charge in [0.05, 0.1) is 11.8 Å². The summed E-state index contributed by atoms with van der Waals surface area (Å²) in [4.78, 5) is 10.8. The van der Waals surface area contributed by atoms with E-state index in [2.05, 4.69) is 10.3 Å². The molecule has 0 radical (unpaired) electrons. The van der Waals surface area contributed by atoms with Crippen LogP contribution >= 0.6 is 0 Å². The Labute approximate surface area is 101 Å². The Bertz CT molecular complexity index is 352. The third-order valence-electron chi connectivity index (χ3n) is 2.62. The second-order valence-electron chi connectivity index (χ2n) is 3.78. The molecule has 17 heavy (non-hydrogen) atoms. The van der Waals surface area contributed by atoms with E-state index in [0.29, 0.717) is 18.5 Å². The minimum Gasteiger partial charge on any atom is -0.385 e. The summed E-state index contributed by atoms with van der Waals surface area (Å²) in [7, 11) is 3.28. The maximum absolute atomic E-state index is 10.8. The summed E-state index contributed by atoms with van der Waals surface area (Å²) in [5.74, 6) is 0. The van der Waals surface area contributed by atoms with E-state index in [1.165, 1.54) is 0 Å². The normalized spacial score (nSPS) is 12.6. The summed E-state index contributed by atoms with van der Waals surface area (Å²) < 4.78 is 11.9. The molecule has 0 saturated carbocycles. The molecule has 1 unspecified atom stereocenters. The van der Waals surface area contributed by atoms with Gasteiger partial charge in [0.1, 0.15) is 0 Å². The third-order valence-corrected chi connectivity index (χ3v) is 2.62. The van der Waals surface area contributed by atoms with E-state index in [1.807, 2.05) is 6.92 Å². The summed E-state index contributed by atoms with van der Waals surface area (Å²) in [5.41, 5.74) is 1.09. The van der Waals surface area contributed by atoms with Crippen LogP contribution in [-0.2, 0) is 16.0 Å². The van der Waals surface area contributed by atoms with E-state index in [-0.39, 0.29) is 6.10 Å². The van der Waals surface area contributed by atoms with Crippen molar-refractivity contribution in [1.29, 1.82) is 0 Å². The second kappa shape index (κ2) is 7.13. The highest BCUT2D eigenvalue weighted by atomic mass is 16.5. The predicted octanol–water partition coefficient (Wildman–Crippen LogP) is 1.22. The van der Waals surface area contributed by atoms with Crippen molar-refractivity contribution in [2.75, 3.05) is 20.8 Å². The van der Waals surface area contributed by atoms with Crippen molar-refractivity contribution in [3.8, 4) is 0 Å². The van der Waals surface area contributed by atoms with Crippen LogP contribution in [0.15, 0.2) is 0 Å². The molecule has 0 spiro atoms. The van der Waals surface area contributed by atoms with Gasteiger partial charge in [0.2, 0.25) is 0 Å². The van der Waals surface area contributed by atoms with Crippen LogP contribution in [0.3, 0.4) is 0 Å². The van der Waals surface area contributed by atoms with Crippen LogP contribution in [0.1, 0.15) is 42.1 Å². The molecule has 0 N–H and O–H groups in total. The molecule has 1 rings (SSSR count). The molecule has 6 nitrogen and oxygen atoms in total. The average molecular weight is 241 g/mol. The van der Waals surface area contributed by atoms with Gasteiger partial charge in [0.25, 0.3) is 0 Å². The average Bonchev–Trinajstić information content (AvgIpc) is 2.76. The number of nitrogens with zero attached hydrogens (tertiary/aromatic N) is 3. The molecular formula is C11H19N3O3. The summed E-state index contributed by atoms with van der Waals surface area (Å²) in [6.45, 7) is 3.31. The van der Waals surface area contributed by atoms with E-state index in [4.69, 9.17) is 9.47 Å². The van der Waals surface area contributed by atoms with Crippen molar-refractivity contribution >= 4 is 6.29 Å². The van der Waals surface area contributed by atoms with Crippen LogP contribution in [0.25, 0.3) is 0 Å². The number of unbranched alkanes of at least 4 members (excludes halogenated alkanes) is 1. The predicted molar refractivity (Wildman–Crippen MR) is 61.9 cm³/mol. The van der Waals surface area contributed by atoms with E-state index >= 15 is 0 Å². The van der Waals surface area contributed by atoms with Gasteiger partial charge in [-0.3, -0.25) is 4.79 Å². The van der Waals surface area contributed by atoms with Crippen LogP contribution in [0, 0.1) is 0 Å². The van der Waals surface area contributed by atoms with Gasteiger partial charge in [-0.25, -0.2) is 4.68 Å². The van der Waals surface area contributed by atoms with Crippen molar-refractivity contribution in [3.05, 3.63) is 11.4 Å². The van der Waals surface area contributed by atoms with Crippen molar-refractivity contribution in [2.45, 2.75) is 32.4 Å². The standard InChI is InChI=1S/C11H19N3O3/c1-9(17-3)11-10(8-15)12-13-14(11)6-4-5-7-16-2/h8-9H,4-7H2,1-3H3. The first-order valence-electron chi connectivity index (χ1n) is 5.64. The number of hydrogen-bond acceptors (Lipinski definition) is 5. The Morgan fingerprint density at radius 1 is 1.41 bits per heavy atom. The maximum atomic E-state index is 10.8. The molecule has 0 saturated heterocycles. The third kappa shape index (κ3) is 3.61. The number of methoxy groups -OCH3 is 2. The SMILES string of the molecule is COCCCCn1nnc(C=O)c1C(C)OC. The number of aryl methyl sites for hydroxylation is 1. The van der Waals surface area contributed by atoms with E-state index in [9.17, 15) is 4.79 Å². The van der Waals surface area contributed by atoms with Gasteiger partial charge in [-0.05, 0) is 19.8 Å². The Balaban J connectivity index is 2.70. The molecule has 0 aliphatic carbocycles. The molecular weight excluding hydrogens is 222 g/mol. The van der Waals surface area contributed by atoms with Crippen molar-refractivity contribution in [1.82, 2.24) is 15.0 Å². The van der Waals surface area contributed by atoms with Crippen molar-refractivity contribution in [3.63, 3.8) is 0 Å². The molecule has 0 bridgehead atoms. The van der Waals surface area contributed by atoms with Crippen LogP contribution in [0.2, 0.25) is 0 Å². The van der Waals surface area contributed by atoms with Gasteiger partial charge in [0.15, 0.2) is 12.0 Å². The van der Waals surface area contributed by atoms with Crippen molar-refractivity contribution < 1.29 is 14.3 Å². The van der Waals surface area contributed by atoms with Crippen LogP contribution in [0.4, 0.5) is 0 Å². The van der Waals surface area contributed by atoms with Gasteiger partial charge in [-0.2, -0.15) is 0 Å². The first kappa shape index (κ1) is 13.8. The Kier molecular flexibility index (Phi) is 5.79. The number of ether oxygens (including phenoxy) is 2. The number of hydrogen-bond donors (Lipinski definition) is 0. The van der Waals surface area contributed by atoms with Crippen LogP contribution < -0.4 is 0 Å². The van der Waals surface area contributed by atoms with Gasteiger partial charge in [-0.15, -0.1) is 5.10 Å². The smallest absolute Gasteiger partial charge is 0.172 e. The lowest BCUT2D eigenvalue weighted by Gasteiger charge is -2.12. The highest BCUT2D eigenvalue weighted by molar-refractivity contribution is 5.73. The van der Waals surface area contributed by atoms with Crippen LogP contribution in [-0.4, -0.2) is 42.1 Å². The second-order valence-corrected chi connectivity index (χ2v) is 3.78. The Morgan fingerprint density at radius 2 is 2.18 bits per heavy atom. The molecule has 6 heteroatoms. The maximum Gasteiger partial charge on any atom is 0.172 e. The monoisotopic (exact) mass is 241 g/mol. The molecule has 0 aliphatic rings. The molecule has 96 valence electrons. The summed E-state index contributed by atoms with van der Waals surface area (Å²) >= 11 is 0. The van der Waals surface area contributed by atoms with E-state index < -0.39 is 0 Å². The van der Waals surface area contributed by atoms with Crippen LogP contribution in [0.5, 0.6) is 0 Å². The number of rotatable bonds is 8. The molecule has 1 aromatic rings. The zero-order chi connectivity index (χ0) is 12.7. The van der Waals surface area contributed by atoms with Gasteiger partial charge in [-0.1, -0.05) is 5.21 Å². The van der Waals surface area contributed by atoms with Gasteiger partial charge < -0.3 is 9.47 Å². The Morgan fingerprint density at radius 3 is 2.76 bits per heavy atom. The summed E-state index contributed by atoms with van der Waals surface area (Å²) in [6, 6.07) is 0. The highest BCUT2D eigenvalue weighted by Gasteiger charge is 2.18. The summed E-state index contributed by atoms with van der Waals surface area (Å²) in [6.07, 6.45) is 2.41. The van der Waals surface area contributed by atoms with Crippen molar-refractivity contribution in [2.24, 2.45) is 0 Å². The van der Waals surface area contributed by atoms with E-state index in [0.717, 1.165) is 25.1 Å². The fourth-order valence-electron chi connectivity index (χ4n) is 1.62. The largest absolute Gasteiger partial charge is 0.385 e. The molecule has 0 amide bonds. The molecule has 1 aromatic heterocycles. The molecule has 0 aliphatic heterocycles. The van der Waals surface area contributed by atoms with Gasteiger partial charge in [0, 0.05) is 27.4 Å². The topological polar surface area (TPSA) is 66.2 Å². The zero-order valence-electron chi connectivity index (χ0n) is 10.5. The number of carbonyl (C=O) groups excluding carboxylic acids is 1. The highest BCUT2D eigenvalue weighted by Crippen LogP contribution is 2.18. The fraction of sp³-hybridized carbons (Fsp3) is 0.727. The first-order valence-corrected chi connectivity index (χ1v) is 5.64. The van der Waals surface area contributed by atoms with E-state index in [1.54, 1.807) is 18.9 Å². The minimum atomic E-state index is -0.187. The zero-order valence-corrected chi connectivity index (χ0v) is 10.5. The lowest BCUT2D eigenvalue weighted by atomic mass is 10.2. The lowest BCUT2D eigenvalue weighted by molar-refractivity contribution is 0.104. The Hall–Kier alpha value is -1.27. The number of carbonyl (C=O) groups is 1. The molecule has 1 heterocycles.